The molecule has 0 bridgehead atoms. The smallest absolute Gasteiger partial charge is 0.336 e. The SMILES string of the molecule is O=C(O)c1cccc2cc[n+](Cc3ccccc3)cc12. The van der Waals surface area contributed by atoms with Crippen LogP contribution in [0.1, 0.15) is 15.9 Å². The van der Waals surface area contributed by atoms with E-state index < -0.39 is 5.97 Å². The van der Waals surface area contributed by atoms with Crippen molar-refractivity contribution in [1.29, 1.82) is 0 Å². The molecule has 0 amide bonds. The molecule has 3 heteroatoms. The molecule has 0 atom stereocenters. The summed E-state index contributed by atoms with van der Waals surface area (Å²) in [7, 11) is 0. The fraction of sp³-hybridized carbons (Fsp3) is 0.0588. The number of carboxylic acid groups (broad SMARTS) is 1. The summed E-state index contributed by atoms with van der Waals surface area (Å²) in [6, 6.07) is 17.4. The minimum absolute atomic E-state index is 0.338. The Morgan fingerprint density at radius 3 is 2.55 bits per heavy atom. The lowest BCUT2D eigenvalue weighted by atomic mass is 10.1. The van der Waals surface area contributed by atoms with Crippen LogP contribution in [-0.4, -0.2) is 11.1 Å². The van der Waals surface area contributed by atoms with Crippen LogP contribution in [0.15, 0.2) is 67.0 Å². The van der Waals surface area contributed by atoms with Crippen LogP contribution in [0.4, 0.5) is 0 Å². The molecule has 0 aliphatic heterocycles. The van der Waals surface area contributed by atoms with E-state index in [-0.39, 0.29) is 0 Å². The van der Waals surface area contributed by atoms with Crippen molar-refractivity contribution in [3.8, 4) is 0 Å². The summed E-state index contributed by atoms with van der Waals surface area (Å²) in [5.74, 6) is -0.895. The number of rotatable bonds is 3. The van der Waals surface area contributed by atoms with E-state index in [4.69, 9.17) is 0 Å². The molecule has 1 aromatic heterocycles. The molecule has 0 saturated carbocycles. The molecule has 0 aliphatic carbocycles. The second-order valence-corrected chi connectivity index (χ2v) is 4.72. The maximum absolute atomic E-state index is 11.3. The van der Waals surface area contributed by atoms with Crippen molar-refractivity contribution in [1.82, 2.24) is 0 Å². The van der Waals surface area contributed by atoms with E-state index in [0.29, 0.717) is 5.56 Å². The zero-order valence-electron chi connectivity index (χ0n) is 10.9. The summed E-state index contributed by atoms with van der Waals surface area (Å²) in [5.41, 5.74) is 1.52. The van der Waals surface area contributed by atoms with Gasteiger partial charge in [0, 0.05) is 11.6 Å². The van der Waals surface area contributed by atoms with E-state index in [0.717, 1.165) is 17.3 Å². The molecule has 2 aromatic carbocycles. The highest BCUT2D eigenvalue weighted by Gasteiger charge is 2.12. The third-order valence-electron chi connectivity index (χ3n) is 3.32. The Kier molecular flexibility index (Phi) is 3.17. The monoisotopic (exact) mass is 264 g/mol. The summed E-state index contributed by atoms with van der Waals surface area (Å²) in [5, 5.41) is 11.0. The largest absolute Gasteiger partial charge is 0.478 e. The Labute approximate surface area is 116 Å². The van der Waals surface area contributed by atoms with Gasteiger partial charge < -0.3 is 5.11 Å². The zero-order valence-corrected chi connectivity index (χ0v) is 10.9. The van der Waals surface area contributed by atoms with Gasteiger partial charge in [0.05, 0.1) is 10.9 Å². The number of aromatic nitrogens is 1. The van der Waals surface area contributed by atoms with E-state index >= 15 is 0 Å². The number of nitrogens with zero attached hydrogens (tertiary/aromatic N) is 1. The van der Waals surface area contributed by atoms with Gasteiger partial charge in [0.2, 0.25) is 0 Å². The van der Waals surface area contributed by atoms with Gasteiger partial charge >= 0.3 is 5.97 Å². The number of carbonyl (C=O) groups is 1. The highest BCUT2D eigenvalue weighted by molar-refractivity contribution is 6.02. The topological polar surface area (TPSA) is 41.2 Å². The van der Waals surface area contributed by atoms with Gasteiger partial charge in [0.1, 0.15) is 0 Å². The molecule has 0 unspecified atom stereocenters. The second-order valence-electron chi connectivity index (χ2n) is 4.72. The number of benzene rings is 2. The third kappa shape index (κ3) is 2.38. The second kappa shape index (κ2) is 5.13. The van der Waals surface area contributed by atoms with Gasteiger partial charge in [-0.05, 0) is 11.5 Å². The van der Waals surface area contributed by atoms with Crippen molar-refractivity contribution in [3.05, 3.63) is 78.1 Å². The van der Waals surface area contributed by atoms with Crippen molar-refractivity contribution in [3.63, 3.8) is 0 Å². The van der Waals surface area contributed by atoms with Crippen LogP contribution in [0.5, 0.6) is 0 Å². The third-order valence-corrected chi connectivity index (χ3v) is 3.32. The normalized spacial score (nSPS) is 10.6. The molecule has 3 rings (SSSR count). The molecule has 3 aromatic rings. The molecule has 20 heavy (non-hydrogen) atoms. The van der Waals surface area contributed by atoms with Crippen molar-refractivity contribution in [2.75, 3.05) is 0 Å². The molecule has 0 saturated heterocycles. The molecular weight excluding hydrogens is 250 g/mol. The van der Waals surface area contributed by atoms with Crippen LogP contribution < -0.4 is 4.57 Å². The molecule has 0 spiro atoms. The fourth-order valence-electron chi connectivity index (χ4n) is 2.34. The molecule has 0 radical (unpaired) electrons. The first kappa shape index (κ1) is 12.4. The van der Waals surface area contributed by atoms with Crippen molar-refractivity contribution >= 4 is 16.7 Å². The van der Waals surface area contributed by atoms with Crippen LogP contribution in [0, 0.1) is 0 Å². The van der Waals surface area contributed by atoms with Gasteiger partial charge in [0.15, 0.2) is 18.9 Å². The first-order valence-corrected chi connectivity index (χ1v) is 6.43. The van der Waals surface area contributed by atoms with Crippen LogP contribution in [-0.2, 0) is 6.54 Å². The number of carboxylic acids is 1. The predicted octanol–water partition coefficient (Wildman–Crippen LogP) is 2.87. The molecule has 0 aliphatic rings. The van der Waals surface area contributed by atoms with Gasteiger partial charge in [-0.3, -0.25) is 0 Å². The first-order chi connectivity index (χ1) is 9.74. The maximum Gasteiger partial charge on any atom is 0.336 e. The van der Waals surface area contributed by atoms with E-state index in [2.05, 4.69) is 12.1 Å². The van der Waals surface area contributed by atoms with Gasteiger partial charge in [-0.25, -0.2) is 9.36 Å². The molecule has 1 N–H and O–H groups in total. The average molecular weight is 264 g/mol. The summed E-state index contributed by atoms with van der Waals surface area (Å²) in [4.78, 5) is 11.3. The van der Waals surface area contributed by atoms with Crippen molar-refractivity contribution in [2.24, 2.45) is 0 Å². The molecule has 0 fully saturated rings. The minimum Gasteiger partial charge on any atom is -0.478 e. The van der Waals surface area contributed by atoms with Gasteiger partial charge in [-0.15, -0.1) is 0 Å². The van der Waals surface area contributed by atoms with Crippen molar-refractivity contribution in [2.45, 2.75) is 6.54 Å². The minimum atomic E-state index is -0.895. The quantitative estimate of drug-likeness (QED) is 0.739. The zero-order chi connectivity index (χ0) is 13.9. The Balaban J connectivity index is 2.06. The highest BCUT2D eigenvalue weighted by Crippen LogP contribution is 2.16. The van der Waals surface area contributed by atoms with Gasteiger partial charge in [0.25, 0.3) is 0 Å². The van der Waals surface area contributed by atoms with E-state index in [1.807, 2.05) is 47.3 Å². The van der Waals surface area contributed by atoms with Gasteiger partial charge in [-0.1, -0.05) is 42.5 Å². The van der Waals surface area contributed by atoms with E-state index in [1.54, 1.807) is 12.1 Å². The number of hydrogen-bond donors (Lipinski definition) is 1. The summed E-state index contributed by atoms with van der Waals surface area (Å²) >= 11 is 0. The molecule has 98 valence electrons. The maximum atomic E-state index is 11.3. The highest BCUT2D eigenvalue weighted by atomic mass is 16.4. The van der Waals surface area contributed by atoms with E-state index in [1.165, 1.54) is 5.56 Å². The van der Waals surface area contributed by atoms with Crippen LogP contribution >= 0.6 is 0 Å². The summed E-state index contributed by atoms with van der Waals surface area (Å²) in [6.07, 6.45) is 3.87. The average Bonchev–Trinajstić information content (AvgIpc) is 2.47. The van der Waals surface area contributed by atoms with Crippen LogP contribution in [0.25, 0.3) is 10.8 Å². The number of aromatic carboxylic acids is 1. The fourth-order valence-corrected chi connectivity index (χ4v) is 2.34. The Morgan fingerprint density at radius 2 is 1.80 bits per heavy atom. The van der Waals surface area contributed by atoms with Gasteiger partial charge in [-0.2, -0.15) is 0 Å². The predicted molar refractivity (Wildman–Crippen MR) is 76.6 cm³/mol. The number of hydrogen-bond acceptors (Lipinski definition) is 1. The lowest BCUT2D eigenvalue weighted by Crippen LogP contribution is -2.33. The molecular formula is C17H14NO2+. The van der Waals surface area contributed by atoms with Crippen LogP contribution in [0.3, 0.4) is 0 Å². The number of pyridine rings is 1. The molecule has 1 heterocycles. The Morgan fingerprint density at radius 1 is 1.00 bits per heavy atom. The van der Waals surface area contributed by atoms with E-state index in [9.17, 15) is 9.90 Å². The van der Waals surface area contributed by atoms with Crippen LogP contribution in [0.2, 0.25) is 0 Å². The lowest BCUT2D eigenvalue weighted by molar-refractivity contribution is -0.687. The standard InChI is InChI=1S/C17H13NO2/c19-17(20)15-8-4-7-14-9-10-18(12-16(14)15)11-13-5-2-1-3-6-13/h1-10,12H,11H2/p+1. The van der Waals surface area contributed by atoms with Crippen molar-refractivity contribution < 1.29 is 14.5 Å². The summed E-state index contributed by atoms with van der Waals surface area (Å²) < 4.78 is 2.00. The molecule has 3 nitrogen and oxygen atoms in total. The summed E-state index contributed by atoms with van der Waals surface area (Å²) in [6.45, 7) is 0.727. The Bertz CT molecular complexity index is 766. The lowest BCUT2D eigenvalue weighted by Gasteiger charge is -2.02. The first-order valence-electron chi connectivity index (χ1n) is 6.43. The Hall–Kier alpha value is -2.68. The number of fused-ring (bicyclic) bond motifs is 1.